The maximum absolute atomic E-state index is 13.2. The van der Waals surface area contributed by atoms with Crippen LogP contribution in [0.25, 0.3) is 11.3 Å². The zero-order valence-corrected chi connectivity index (χ0v) is 8.48. The van der Waals surface area contributed by atoms with Crippen LogP contribution < -0.4 is 5.56 Å². The summed E-state index contributed by atoms with van der Waals surface area (Å²) in [5.74, 6) is -2.00. The van der Waals surface area contributed by atoms with Crippen LogP contribution in [0.5, 0.6) is 0 Å². The number of aromatic carboxylic acids is 1. The second-order valence-corrected chi connectivity index (χ2v) is 3.30. The Hall–Kier alpha value is -2.50. The average molecular weight is 234 g/mol. The summed E-state index contributed by atoms with van der Waals surface area (Å²) in [5, 5.41) is 8.78. The first-order chi connectivity index (χ1) is 8.08. The van der Waals surface area contributed by atoms with E-state index in [1.54, 1.807) is 0 Å². The molecule has 2 aromatic rings. The molecule has 6 heteroatoms. The van der Waals surface area contributed by atoms with Gasteiger partial charge >= 0.3 is 5.97 Å². The van der Waals surface area contributed by atoms with Gasteiger partial charge in [-0.25, -0.2) is 14.2 Å². The Balaban J connectivity index is 2.64. The zero-order chi connectivity index (χ0) is 12.4. The number of carboxylic acid groups (broad SMARTS) is 1. The van der Waals surface area contributed by atoms with Gasteiger partial charge in [-0.15, -0.1) is 0 Å². The van der Waals surface area contributed by atoms with E-state index >= 15 is 0 Å². The number of halogens is 1. The van der Waals surface area contributed by atoms with Crippen LogP contribution in [0.3, 0.4) is 0 Å². The Kier molecular flexibility index (Phi) is 2.70. The second kappa shape index (κ2) is 4.17. The van der Waals surface area contributed by atoms with Crippen molar-refractivity contribution in [2.75, 3.05) is 0 Å². The van der Waals surface area contributed by atoms with Crippen molar-refractivity contribution in [2.24, 2.45) is 0 Å². The van der Waals surface area contributed by atoms with Gasteiger partial charge in [-0.2, -0.15) is 0 Å². The lowest BCUT2D eigenvalue weighted by atomic mass is 10.1. The lowest BCUT2D eigenvalue weighted by molar-refractivity contribution is 0.0696. The summed E-state index contributed by atoms with van der Waals surface area (Å²) in [6.07, 6.45) is 2.67. The van der Waals surface area contributed by atoms with Crippen LogP contribution in [-0.2, 0) is 0 Å². The van der Waals surface area contributed by atoms with Gasteiger partial charge in [0.05, 0.1) is 5.56 Å². The molecule has 0 amide bonds. The normalized spacial score (nSPS) is 10.2. The summed E-state index contributed by atoms with van der Waals surface area (Å²) in [4.78, 5) is 28.3. The highest BCUT2D eigenvalue weighted by Crippen LogP contribution is 2.17. The zero-order valence-electron chi connectivity index (χ0n) is 8.48. The molecule has 1 heterocycles. The number of hydrogen-bond donors (Lipinski definition) is 2. The van der Waals surface area contributed by atoms with Crippen molar-refractivity contribution in [3.63, 3.8) is 0 Å². The van der Waals surface area contributed by atoms with Gasteiger partial charge in [0, 0.05) is 18.0 Å². The minimum Gasteiger partial charge on any atom is -0.478 e. The number of nitrogens with zero attached hydrogens (tertiary/aromatic N) is 1. The second-order valence-electron chi connectivity index (χ2n) is 3.30. The van der Waals surface area contributed by atoms with Crippen LogP contribution in [0.15, 0.2) is 35.4 Å². The van der Waals surface area contributed by atoms with Gasteiger partial charge in [0.2, 0.25) is 0 Å². The smallest absolute Gasteiger partial charge is 0.335 e. The van der Waals surface area contributed by atoms with Gasteiger partial charge in [0.15, 0.2) is 0 Å². The molecule has 0 bridgehead atoms. The number of H-pyrrole nitrogens is 1. The average Bonchev–Trinajstić information content (AvgIpc) is 2.28. The highest BCUT2D eigenvalue weighted by Gasteiger charge is 2.11. The summed E-state index contributed by atoms with van der Waals surface area (Å²) < 4.78 is 13.2. The topological polar surface area (TPSA) is 83.0 Å². The Morgan fingerprint density at radius 2 is 2.12 bits per heavy atom. The maximum atomic E-state index is 13.2. The predicted octanol–water partition coefficient (Wildman–Crippen LogP) is 1.27. The third-order valence-electron chi connectivity index (χ3n) is 2.13. The van der Waals surface area contributed by atoms with E-state index in [0.717, 1.165) is 12.1 Å². The first-order valence-corrected chi connectivity index (χ1v) is 4.66. The summed E-state index contributed by atoms with van der Waals surface area (Å²) in [7, 11) is 0. The monoisotopic (exact) mass is 234 g/mol. The molecule has 0 radical (unpaired) electrons. The van der Waals surface area contributed by atoms with E-state index in [4.69, 9.17) is 5.11 Å². The minimum atomic E-state index is -1.27. The number of carboxylic acids is 1. The molecule has 0 aliphatic carbocycles. The fourth-order valence-electron chi connectivity index (χ4n) is 1.41. The highest BCUT2D eigenvalue weighted by atomic mass is 19.1. The fraction of sp³-hybridized carbons (Fsp3) is 0. The molecule has 86 valence electrons. The molecule has 17 heavy (non-hydrogen) atoms. The lowest BCUT2D eigenvalue weighted by Crippen LogP contribution is -2.10. The van der Waals surface area contributed by atoms with Crippen molar-refractivity contribution >= 4 is 5.97 Å². The molecule has 0 spiro atoms. The molecule has 0 saturated carbocycles. The molecular formula is C11H7FN2O3. The molecule has 0 fully saturated rings. The van der Waals surface area contributed by atoms with Crippen molar-refractivity contribution in [1.29, 1.82) is 0 Å². The summed E-state index contributed by atoms with van der Waals surface area (Å²) >= 11 is 0. The Labute approximate surface area is 94.6 Å². The van der Waals surface area contributed by atoms with E-state index in [1.807, 2.05) is 0 Å². The number of carbonyl (C=O) groups is 1. The molecule has 0 saturated heterocycles. The number of aromatic amines is 1. The molecule has 5 nitrogen and oxygen atoms in total. The number of aromatic nitrogens is 2. The third kappa shape index (κ3) is 2.20. The molecule has 2 rings (SSSR count). The number of rotatable bonds is 2. The molecular weight excluding hydrogens is 227 g/mol. The van der Waals surface area contributed by atoms with Gasteiger partial charge in [0.25, 0.3) is 5.56 Å². The Bertz CT molecular complexity index is 637. The minimum absolute atomic E-state index is 0.0190. The van der Waals surface area contributed by atoms with Crippen LogP contribution >= 0.6 is 0 Å². The third-order valence-corrected chi connectivity index (χ3v) is 2.13. The predicted molar refractivity (Wildman–Crippen MR) is 57.2 cm³/mol. The van der Waals surface area contributed by atoms with Crippen LogP contribution in [0, 0.1) is 5.82 Å². The molecule has 0 unspecified atom stereocenters. The summed E-state index contributed by atoms with van der Waals surface area (Å²) in [5.41, 5.74) is -0.627. The standard InChI is InChI=1S/C11H7FN2O3/c12-8-4-6(3-7(5-8)11(16)17)9-10(15)14-2-1-13-9/h1-5H,(H,14,15)(H,16,17). The van der Waals surface area contributed by atoms with Gasteiger partial charge in [-0.3, -0.25) is 4.79 Å². The number of hydrogen-bond acceptors (Lipinski definition) is 3. The molecule has 0 aliphatic rings. The van der Waals surface area contributed by atoms with Crippen LogP contribution in [0.1, 0.15) is 10.4 Å². The van der Waals surface area contributed by atoms with Crippen LogP contribution in [0.4, 0.5) is 4.39 Å². The molecule has 0 aliphatic heterocycles. The van der Waals surface area contributed by atoms with Gasteiger partial charge in [-0.1, -0.05) is 0 Å². The fourth-order valence-corrected chi connectivity index (χ4v) is 1.41. The number of benzene rings is 1. The molecule has 1 aromatic heterocycles. The number of nitrogens with one attached hydrogen (secondary N) is 1. The molecule has 1 aromatic carbocycles. The van der Waals surface area contributed by atoms with E-state index < -0.39 is 17.3 Å². The molecule has 2 N–H and O–H groups in total. The van der Waals surface area contributed by atoms with E-state index in [1.165, 1.54) is 18.5 Å². The lowest BCUT2D eigenvalue weighted by Gasteiger charge is -2.01. The van der Waals surface area contributed by atoms with Crippen LogP contribution in [0.2, 0.25) is 0 Å². The maximum Gasteiger partial charge on any atom is 0.335 e. The quantitative estimate of drug-likeness (QED) is 0.819. The first kappa shape index (κ1) is 11.0. The van der Waals surface area contributed by atoms with Gasteiger partial charge < -0.3 is 10.1 Å². The van der Waals surface area contributed by atoms with Crippen molar-refractivity contribution in [3.8, 4) is 11.3 Å². The Morgan fingerprint density at radius 3 is 2.76 bits per heavy atom. The van der Waals surface area contributed by atoms with Crippen LogP contribution in [-0.4, -0.2) is 21.0 Å². The highest BCUT2D eigenvalue weighted by molar-refractivity contribution is 5.89. The van der Waals surface area contributed by atoms with E-state index in [-0.39, 0.29) is 16.8 Å². The molecule has 0 atom stereocenters. The van der Waals surface area contributed by atoms with E-state index in [0.29, 0.717) is 0 Å². The summed E-state index contributed by atoms with van der Waals surface area (Å²) in [6.45, 7) is 0. The van der Waals surface area contributed by atoms with Crippen molar-refractivity contribution in [1.82, 2.24) is 9.97 Å². The van der Waals surface area contributed by atoms with E-state index in [2.05, 4.69) is 9.97 Å². The Morgan fingerprint density at radius 1 is 1.35 bits per heavy atom. The van der Waals surface area contributed by atoms with Crippen molar-refractivity contribution in [3.05, 3.63) is 52.3 Å². The largest absolute Gasteiger partial charge is 0.478 e. The SMILES string of the molecule is O=C(O)c1cc(F)cc(-c2ncc[nH]c2=O)c1. The van der Waals surface area contributed by atoms with Crippen molar-refractivity contribution in [2.45, 2.75) is 0 Å². The summed E-state index contributed by atoms with van der Waals surface area (Å²) in [6, 6.07) is 3.13. The van der Waals surface area contributed by atoms with Gasteiger partial charge in [-0.05, 0) is 18.2 Å². The van der Waals surface area contributed by atoms with Gasteiger partial charge in [0.1, 0.15) is 11.5 Å². The first-order valence-electron chi connectivity index (χ1n) is 4.66. The van der Waals surface area contributed by atoms with E-state index in [9.17, 15) is 14.0 Å². The van der Waals surface area contributed by atoms with Crippen molar-refractivity contribution < 1.29 is 14.3 Å².